The van der Waals surface area contributed by atoms with Gasteiger partial charge >= 0.3 is 0 Å². The molecule has 0 aliphatic rings. The summed E-state index contributed by atoms with van der Waals surface area (Å²) in [7, 11) is 2.16. The van der Waals surface area contributed by atoms with E-state index >= 15 is 0 Å². The van der Waals surface area contributed by atoms with Gasteiger partial charge in [0.1, 0.15) is 0 Å². The lowest BCUT2D eigenvalue weighted by molar-refractivity contribution is 0.0952. The van der Waals surface area contributed by atoms with Crippen LogP contribution in [0.4, 0.5) is 0 Å². The van der Waals surface area contributed by atoms with E-state index in [1.54, 1.807) is 24.5 Å². The number of nitrogens with one attached hydrogen (secondary N) is 1. The van der Waals surface area contributed by atoms with Crippen molar-refractivity contribution in [3.8, 4) is 0 Å². The number of hydrogen-bond acceptors (Lipinski definition) is 3. The topological polar surface area (TPSA) is 45.2 Å². The van der Waals surface area contributed by atoms with Crippen LogP contribution in [-0.4, -0.2) is 42.5 Å². The van der Waals surface area contributed by atoms with Gasteiger partial charge in [-0.15, -0.1) is 0 Å². The zero-order chi connectivity index (χ0) is 15.9. The van der Waals surface area contributed by atoms with Crippen LogP contribution in [0.2, 0.25) is 0 Å². The van der Waals surface area contributed by atoms with Gasteiger partial charge in [0.15, 0.2) is 0 Å². The van der Waals surface area contributed by atoms with Gasteiger partial charge in [0.25, 0.3) is 5.91 Å². The van der Waals surface area contributed by atoms with Gasteiger partial charge < -0.3 is 10.2 Å². The molecule has 0 aliphatic carbocycles. The molecule has 21 heavy (non-hydrogen) atoms. The van der Waals surface area contributed by atoms with Gasteiger partial charge in [0, 0.05) is 18.9 Å². The van der Waals surface area contributed by atoms with Crippen molar-refractivity contribution in [1.82, 2.24) is 15.2 Å². The SMILES string of the molecule is CC.CCCCN(C)CCCCNC(=O)c1cccnc1. The maximum atomic E-state index is 11.7. The summed E-state index contributed by atoms with van der Waals surface area (Å²) in [6, 6.07) is 3.55. The lowest BCUT2D eigenvalue weighted by Gasteiger charge is -2.15. The van der Waals surface area contributed by atoms with Crippen molar-refractivity contribution in [2.75, 3.05) is 26.7 Å². The molecule has 1 rings (SSSR count). The minimum Gasteiger partial charge on any atom is -0.352 e. The molecule has 120 valence electrons. The van der Waals surface area contributed by atoms with Crippen molar-refractivity contribution in [3.05, 3.63) is 30.1 Å². The molecule has 1 heterocycles. The molecule has 1 aromatic heterocycles. The third-order valence-corrected chi connectivity index (χ3v) is 3.07. The fourth-order valence-corrected chi connectivity index (χ4v) is 1.85. The van der Waals surface area contributed by atoms with E-state index in [1.165, 1.54) is 19.4 Å². The number of amides is 1. The quantitative estimate of drug-likeness (QED) is 0.710. The van der Waals surface area contributed by atoms with Gasteiger partial charge in [-0.2, -0.15) is 0 Å². The Bertz CT molecular complexity index is 354. The maximum Gasteiger partial charge on any atom is 0.252 e. The normalized spacial score (nSPS) is 9.95. The van der Waals surface area contributed by atoms with Crippen molar-refractivity contribution in [2.24, 2.45) is 0 Å². The van der Waals surface area contributed by atoms with Crippen LogP contribution in [-0.2, 0) is 0 Å². The van der Waals surface area contributed by atoms with E-state index in [0.29, 0.717) is 5.56 Å². The summed E-state index contributed by atoms with van der Waals surface area (Å²) in [6.45, 7) is 9.21. The average Bonchev–Trinajstić information content (AvgIpc) is 2.55. The Morgan fingerprint density at radius 3 is 2.57 bits per heavy atom. The van der Waals surface area contributed by atoms with Gasteiger partial charge in [0.2, 0.25) is 0 Å². The second-order valence-electron chi connectivity index (χ2n) is 4.86. The summed E-state index contributed by atoms with van der Waals surface area (Å²) >= 11 is 0. The number of aromatic nitrogens is 1. The third-order valence-electron chi connectivity index (χ3n) is 3.07. The fraction of sp³-hybridized carbons (Fsp3) is 0.647. The van der Waals surface area contributed by atoms with E-state index in [9.17, 15) is 4.79 Å². The molecule has 0 spiro atoms. The molecular weight excluding hydrogens is 262 g/mol. The smallest absolute Gasteiger partial charge is 0.252 e. The van der Waals surface area contributed by atoms with Gasteiger partial charge in [-0.05, 0) is 51.5 Å². The van der Waals surface area contributed by atoms with E-state index in [-0.39, 0.29) is 5.91 Å². The summed E-state index contributed by atoms with van der Waals surface area (Å²) in [5, 5.41) is 2.92. The highest BCUT2D eigenvalue weighted by Crippen LogP contribution is 1.97. The highest BCUT2D eigenvalue weighted by Gasteiger charge is 2.03. The second-order valence-corrected chi connectivity index (χ2v) is 4.86. The van der Waals surface area contributed by atoms with E-state index in [0.717, 1.165) is 25.9 Å². The minimum absolute atomic E-state index is 0.0348. The standard InChI is InChI=1S/C15H25N3O.C2H6/c1-3-4-11-18(2)12-6-5-10-17-15(19)14-8-7-9-16-13-14;1-2/h7-9,13H,3-6,10-12H2,1-2H3,(H,17,19);1-2H3. The monoisotopic (exact) mass is 293 g/mol. The van der Waals surface area contributed by atoms with Crippen molar-refractivity contribution < 1.29 is 4.79 Å². The molecular formula is C17H31N3O. The molecule has 0 saturated carbocycles. The Morgan fingerprint density at radius 2 is 1.95 bits per heavy atom. The number of carbonyl (C=O) groups excluding carboxylic acids is 1. The molecule has 0 unspecified atom stereocenters. The average molecular weight is 293 g/mol. The zero-order valence-corrected chi connectivity index (χ0v) is 14.1. The van der Waals surface area contributed by atoms with Crippen LogP contribution in [0, 0.1) is 0 Å². The Kier molecular flexibility index (Phi) is 12.6. The molecule has 0 radical (unpaired) electrons. The molecule has 0 aliphatic heterocycles. The highest BCUT2D eigenvalue weighted by molar-refractivity contribution is 5.93. The molecule has 4 nitrogen and oxygen atoms in total. The first kappa shape index (κ1) is 19.6. The number of unbranched alkanes of at least 4 members (excludes halogenated alkanes) is 2. The predicted octanol–water partition coefficient (Wildman–Crippen LogP) is 3.35. The van der Waals surface area contributed by atoms with Gasteiger partial charge in [-0.1, -0.05) is 27.2 Å². The van der Waals surface area contributed by atoms with E-state index < -0.39 is 0 Å². The molecule has 0 atom stereocenters. The summed E-state index contributed by atoms with van der Waals surface area (Å²) in [5.41, 5.74) is 0.627. The van der Waals surface area contributed by atoms with E-state index in [2.05, 4.69) is 29.2 Å². The first-order valence-corrected chi connectivity index (χ1v) is 8.10. The molecule has 0 aromatic carbocycles. The van der Waals surface area contributed by atoms with Crippen LogP contribution < -0.4 is 5.32 Å². The molecule has 0 saturated heterocycles. The first-order chi connectivity index (χ1) is 10.2. The first-order valence-electron chi connectivity index (χ1n) is 8.10. The molecule has 0 bridgehead atoms. The number of nitrogens with zero attached hydrogens (tertiary/aromatic N) is 2. The van der Waals surface area contributed by atoms with Crippen LogP contribution in [0.15, 0.2) is 24.5 Å². The fourth-order valence-electron chi connectivity index (χ4n) is 1.85. The lowest BCUT2D eigenvalue weighted by atomic mass is 10.2. The van der Waals surface area contributed by atoms with Gasteiger partial charge in [0.05, 0.1) is 5.56 Å². The van der Waals surface area contributed by atoms with Crippen LogP contribution in [0.3, 0.4) is 0 Å². The van der Waals surface area contributed by atoms with Crippen LogP contribution in [0.25, 0.3) is 0 Å². The largest absolute Gasteiger partial charge is 0.352 e. The number of pyridine rings is 1. The minimum atomic E-state index is -0.0348. The van der Waals surface area contributed by atoms with E-state index in [1.807, 2.05) is 13.8 Å². The number of rotatable bonds is 9. The van der Waals surface area contributed by atoms with Crippen molar-refractivity contribution in [1.29, 1.82) is 0 Å². The molecule has 1 N–H and O–H groups in total. The Morgan fingerprint density at radius 1 is 1.24 bits per heavy atom. The maximum absolute atomic E-state index is 11.7. The second kappa shape index (κ2) is 13.6. The summed E-state index contributed by atoms with van der Waals surface area (Å²) in [6.07, 6.45) is 7.90. The van der Waals surface area contributed by atoms with Crippen molar-refractivity contribution in [3.63, 3.8) is 0 Å². The third kappa shape index (κ3) is 10.0. The van der Waals surface area contributed by atoms with Gasteiger partial charge in [-0.3, -0.25) is 9.78 Å². The Hall–Kier alpha value is -1.42. The van der Waals surface area contributed by atoms with Crippen LogP contribution >= 0.6 is 0 Å². The van der Waals surface area contributed by atoms with Crippen LogP contribution in [0.1, 0.15) is 56.8 Å². The molecule has 1 amide bonds. The van der Waals surface area contributed by atoms with E-state index in [4.69, 9.17) is 0 Å². The number of hydrogen-bond donors (Lipinski definition) is 1. The van der Waals surface area contributed by atoms with Crippen LogP contribution in [0.5, 0.6) is 0 Å². The predicted molar refractivity (Wildman–Crippen MR) is 89.6 cm³/mol. The summed E-state index contributed by atoms with van der Waals surface area (Å²) in [4.78, 5) is 18.0. The van der Waals surface area contributed by atoms with Gasteiger partial charge in [-0.25, -0.2) is 0 Å². The van der Waals surface area contributed by atoms with Crippen molar-refractivity contribution in [2.45, 2.75) is 46.5 Å². The highest BCUT2D eigenvalue weighted by atomic mass is 16.1. The Balaban J connectivity index is 0.00000191. The summed E-state index contributed by atoms with van der Waals surface area (Å²) < 4.78 is 0. The molecule has 1 aromatic rings. The zero-order valence-electron chi connectivity index (χ0n) is 14.1. The summed E-state index contributed by atoms with van der Waals surface area (Å²) in [5.74, 6) is -0.0348. The number of carbonyl (C=O) groups is 1. The van der Waals surface area contributed by atoms with Crippen molar-refractivity contribution >= 4 is 5.91 Å². The Labute approximate surface area is 130 Å². The molecule has 0 fully saturated rings. The lowest BCUT2D eigenvalue weighted by Crippen LogP contribution is -2.26. The molecule has 4 heteroatoms.